The van der Waals surface area contributed by atoms with Gasteiger partial charge in [-0.15, -0.1) is 0 Å². The Morgan fingerprint density at radius 1 is 1.46 bits per heavy atom. The second-order valence-electron chi connectivity index (χ2n) is 2.64. The maximum Gasteiger partial charge on any atom is 0.321 e. The van der Waals surface area contributed by atoms with Gasteiger partial charge in [0.2, 0.25) is 5.91 Å². The largest absolute Gasteiger partial charge is 0.480 e. The Balaban J connectivity index is 3.56. The molecule has 6 nitrogen and oxygen atoms in total. The molecule has 0 bridgehead atoms. The van der Waals surface area contributed by atoms with Crippen LogP contribution in [0.1, 0.15) is 12.8 Å². The quantitative estimate of drug-likeness (QED) is 0.370. The third kappa shape index (κ3) is 6.06. The molecule has 0 aromatic carbocycles. The summed E-state index contributed by atoms with van der Waals surface area (Å²) in [6, 6.07) is -1.13. The molecule has 0 rings (SSSR count). The predicted octanol–water partition coefficient (Wildman–Crippen LogP) is -1.75. The van der Waals surface area contributed by atoms with Crippen molar-refractivity contribution in [2.45, 2.75) is 18.9 Å². The van der Waals surface area contributed by atoms with Crippen LogP contribution in [0.2, 0.25) is 0 Å². The number of carbonyl (C=O) groups is 2. The van der Waals surface area contributed by atoms with Gasteiger partial charge in [-0.05, 0) is 13.0 Å². The first-order valence-corrected chi connectivity index (χ1v) is 4.03. The summed E-state index contributed by atoms with van der Waals surface area (Å²) < 4.78 is 0. The highest BCUT2D eigenvalue weighted by molar-refractivity contribution is 5.84. The van der Waals surface area contributed by atoms with Gasteiger partial charge in [0.15, 0.2) is 0 Å². The van der Waals surface area contributed by atoms with Gasteiger partial charge in [0, 0.05) is 6.54 Å². The van der Waals surface area contributed by atoms with Crippen LogP contribution in [0.5, 0.6) is 0 Å². The Hall–Kier alpha value is -1.14. The van der Waals surface area contributed by atoms with E-state index in [1.54, 1.807) is 0 Å². The molecule has 1 amide bonds. The summed E-state index contributed by atoms with van der Waals surface area (Å²) in [4.78, 5) is 21.2. The number of aliphatic carboxylic acids is 1. The van der Waals surface area contributed by atoms with Crippen molar-refractivity contribution >= 4 is 11.9 Å². The maximum absolute atomic E-state index is 10.9. The van der Waals surface area contributed by atoms with Crippen molar-refractivity contribution in [1.82, 2.24) is 5.32 Å². The summed E-state index contributed by atoms with van der Waals surface area (Å²) in [5.41, 5.74) is 10.3. The first kappa shape index (κ1) is 11.9. The first-order chi connectivity index (χ1) is 6.07. The summed E-state index contributed by atoms with van der Waals surface area (Å²) in [6.07, 6.45) is 0.480. The molecule has 0 unspecified atom stereocenters. The Kier molecular flexibility index (Phi) is 5.82. The maximum atomic E-state index is 10.9. The van der Waals surface area contributed by atoms with Crippen molar-refractivity contribution in [3.63, 3.8) is 0 Å². The Labute approximate surface area is 76.3 Å². The van der Waals surface area contributed by atoms with Crippen LogP contribution in [0.3, 0.4) is 0 Å². The monoisotopic (exact) mass is 189 g/mol. The van der Waals surface area contributed by atoms with Crippen molar-refractivity contribution in [2.24, 2.45) is 11.5 Å². The standard InChI is InChI=1S/C7H15N3O3/c8-2-1-3-10-6(11)4-5(9)7(12)13/h5H,1-4,8-9H2,(H,10,11)(H,12,13)/t5-/m0/s1. The highest BCUT2D eigenvalue weighted by Gasteiger charge is 2.15. The summed E-state index contributed by atoms with van der Waals surface area (Å²) in [5, 5.41) is 10.9. The minimum Gasteiger partial charge on any atom is -0.480 e. The molecular weight excluding hydrogens is 174 g/mol. The van der Waals surface area contributed by atoms with Crippen LogP contribution < -0.4 is 16.8 Å². The highest BCUT2D eigenvalue weighted by atomic mass is 16.4. The fourth-order valence-corrected chi connectivity index (χ4v) is 0.689. The van der Waals surface area contributed by atoms with Crippen molar-refractivity contribution in [1.29, 1.82) is 0 Å². The van der Waals surface area contributed by atoms with E-state index in [-0.39, 0.29) is 12.3 Å². The first-order valence-electron chi connectivity index (χ1n) is 4.03. The molecule has 0 saturated heterocycles. The van der Waals surface area contributed by atoms with E-state index in [1.165, 1.54) is 0 Å². The molecule has 0 aromatic heterocycles. The van der Waals surface area contributed by atoms with Gasteiger partial charge in [0.1, 0.15) is 6.04 Å². The summed E-state index contributed by atoms with van der Waals surface area (Å²) in [5.74, 6) is -1.53. The molecule has 0 radical (unpaired) electrons. The lowest BCUT2D eigenvalue weighted by Crippen LogP contribution is -2.37. The molecule has 0 saturated carbocycles. The van der Waals surface area contributed by atoms with Crippen molar-refractivity contribution < 1.29 is 14.7 Å². The fourth-order valence-electron chi connectivity index (χ4n) is 0.689. The molecule has 0 spiro atoms. The average molecular weight is 189 g/mol. The van der Waals surface area contributed by atoms with Gasteiger partial charge in [-0.1, -0.05) is 0 Å². The van der Waals surface area contributed by atoms with E-state index in [0.717, 1.165) is 0 Å². The lowest BCUT2D eigenvalue weighted by atomic mass is 10.2. The van der Waals surface area contributed by atoms with Gasteiger partial charge in [0.05, 0.1) is 6.42 Å². The van der Waals surface area contributed by atoms with E-state index in [1.807, 2.05) is 0 Å². The average Bonchev–Trinajstić information content (AvgIpc) is 2.04. The molecule has 0 heterocycles. The van der Waals surface area contributed by atoms with Crippen molar-refractivity contribution in [3.8, 4) is 0 Å². The molecule has 6 N–H and O–H groups in total. The third-order valence-corrected chi connectivity index (χ3v) is 1.43. The van der Waals surface area contributed by atoms with Gasteiger partial charge in [0.25, 0.3) is 0 Å². The Bertz CT molecular complexity index is 184. The third-order valence-electron chi connectivity index (χ3n) is 1.43. The molecule has 0 aromatic rings. The van der Waals surface area contributed by atoms with Crippen LogP contribution in [0.15, 0.2) is 0 Å². The number of nitrogens with one attached hydrogen (secondary N) is 1. The molecule has 0 aliphatic carbocycles. The van der Waals surface area contributed by atoms with Crippen molar-refractivity contribution in [2.75, 3.05) is 13.1 Å². The van der Waals surface area contributed by atoms with Gasteiger partial charge in [-0.25, -0.2) is 0 Å². The predicted molar refractivity (Wildman–Crippen MR) is 46.9 cm³/mol. The van der Waals surface area contributed by atoms with E-state index in [4.69, 9.17) is 16.6 Å². The van der Waals surface area contributed by atoms with E-state index in [0.29, 0.717) is 19.5 Å². The van der Waals surface area contributed by atoms with Gasteiger partial charge >= 0.3 is 5.97 Å². The van der Waals surface area contributed by atoms with Gasteiger partial charge in [-0.2, -0.15) is 0 Å². The second kappa shape index (κ2) is 6.38. The smallest absolute Gasteiger partial charge is 0.321 e. The molecule has 0 aliphatic heterocycles. The molecule has 13 heavy (non-hydrogen) atoms. The number of hydrogen-bond donors (Lipinski definition) is 4. The van der Waals surface area contributed by atoms with Crippen LogP contribution in [0.4, 0.5) is 0 Å². The number of carbonyl (C=O) groups excluding carboxylic acids is 1. The topological polar surface area (TPSA) is 118 Å². The van der Waals surface area contributed by atoms with E-state index >= 15 is 0 Å². The minimum atomic E-state index is -1.17. The number of carboxylic acids is 1. The van der Waals surface area contributed by atoms with E-state index in [2.05, 4.69) is 5.32 Å². The number of hydrogen-bond acceptors (Lipinski definition) is 4. The number of amides is 1. The van der Waals surface area contributed by atoms with Gasteiger partial charge < -0.3 is 21.9 Å². The highest BCUT2D eigenvalue weighted by Crippen LogP contribution is 1.87. The summed E-state index contributed by atoms with van der Waals surface area (Å²) in [7, 11) is 0. The Morgan fingerprint density at radius 3 is 2.54 bits per heavy atom. The zero-order chi connectivity index (χ0) is 10.3. The summed E-state index contributed by atoms with van der Waals surface area (Å²) in [6.45, 7) is 0.951. The molecule has 6 heteroatoms. The molecule has 0 aliphatic rings. The normalized spacial score (nSPS) is 12.2. The minimum absolute atomic E-state index is 0.195. The summed E-state index contributed by atoms with van der Waals surface area (Å²) >= 11 is 0. The van der Waals surface area contributed by atoms with Crippen molar-refractivity contribution in [3.05, 3.63) is 0 Å². The number of nitrogens with two attached hydrogens (primary N) is 2. The van der Waals surface area contributed by atoms with Crippen LogP contribution in [-0.4, -0.2) is 36.1 Å². The van der Waals surface area contributed by atoms with Crippen LogP contribution in [0, 0.1) is 0 Å². The molecular formula is C7H15N3O3. The molecule has 1 atom stereocenters. The lowest BCUT2D eigenvalue weighted by molar-refractivity contribution is -0.140. The van der Waals surface area contributed by atoms with Crippen LogP contribution in [-0.2, 0) is 9.59 Å². The lowest BCUT2D eigenvalue weighted by Gasteiger charge is -2.06. The zero-order valence-electron chi connectivity index (χ0n) is 7.32. The Morgan fingerprint density at radius 2 is 2.08 bits per heavy atom. The second-order valence-corrected chi connectivity index (χ2v) is 2.64. The van der Waals surface area contributed by atoms with Gasteiger partial charge in [-0.3, -0.25) is 9.59 Å². The molecule has 0 fully saturated rings. The molecule has 76 valence electrons. The number of carboxylic acid groups (broad SMARTS) is 1. The fraction of sp³-hybridized carbons (Fsp3) is 0.714. The van der Waals surface area contributed by atoms with Crippen LogP contribution in [0.25, 0.3) is 0 Å². The van der Waals surface area contributed by atoms with E-state index in [9.17, 15) is 9.59 Å². The number of rotatable bonds is 6. The van der Waals surface area contributed by atoms with Crippen LogP contribution >= 0.6 is 0 Å². The SMILES string of the molecule is NCCCNC(=O)C[C@H](N)C(=O)O. The van der Waals surface area contributed by atoms with E-state index < -0.39 is 12.0 Å². The zero-order valence-corrected chi connectivity index (χ0v) is 7.32.